The van der Waals surface area contributed by atoms with Crippen LogP contribution in [0.4, 0.5) is 0 Å². The molecule has 2 aliphatic rings. The van der Waals surface area contributed by atoms with Gasteiger partial charge in [-0.25, -0.2) is 0 Å². The number of carboxylic acids is 1. The SMILES string of the molecule is COc1cc2c(cc1OC)CN(C[C@@H]1C[C@H](c3ccc(CO)cc3)O[C@H](c3ccc(CNC(=O)CCC(=O)O)cc3)O1)CC2. The second-order valence-corrected chi connectivity index (χ2v) is 11.2. The van der Waals surface area contributed by atoms with E-state index in [4.69, 9.17) is 24.1 Å². The van der Waals surface area contributed by atoms with E-state index in [9.17, 15) is 14.7 Å². The molecule has 10 heteroatoms. The van der Waals surface area contributed by atoms with Crippen molar-refractivity contribution in [3.63, 3.8) is 0 Å². The molecular formula is C34H40N2O8. The number of ether oxygens (including phenoxy) is 4. The van der Waals surface area contributed by atoms with Gasteiger partial charge in [0.1, 0.15) is 0 Å². The van der Waals surface area contributed by atoms with Crippen molar-refractivity contribution >= 4 is 11.9 Å². The standard InChI is InChI=1S/C34H40N2O8/c1-41-30-15-26-13-14-36(19-27(26)16-31(30)42-2)20-28-17-29(24-7-5-23(21-37)6-8-24)44-34(43-28)25-9-3-22(4-10-25)18-35-32(38)11-12-33(39)40/h3-10,15-16,28-29,34,37H,11-14,17-21H2,1-2H3,(H,35,38)(H,39,40)/t28-,29+,34+/m0/s1. The summed E-state index contributed by atoms with van der Waals surface area (Å²) in [5, 5.41) is 21.0. The largest absolute Gasteiger partial charge is 0.493 e. The van der Waals surface area contributed by atoms with Crippen LogP contribution in [-0.4, -0.2) is 60.4 Å². The average molecular weight is 605 g/mol. The second kappa shape index (κ2) is 14.7. The highest BCUT2D eigenvalue weighted by molar-refractivity contribution is 5.80. The Morgan fingerprint density at radius 1 is 0.909 bits per heavy atom. The van der Waals surface area contributed by atoms with Crippen LogP contribution in [0.15, 0.2) is 60.7 Å². The Kier molecular flexibility index (Phi) is 10.5. The predicted octanol–water partition coefficient (Wildman–Crippen LogP) is 4.28. The number of benzene rings is 3. The molecule has 3 aromatic carbocycles. The maximum Gasteiger partial charge on any atom is 0.303 e. The molecule has 3 N–H and O–H groups in total. The molecule has 2 aliphatic heterocycles. The van der Waals surface area contributed by atoms with Gasteiger partial charge in [-0.3, -0.25) is 14.5 Å². The molecule has 0 aliphatic carbocycles. The summed E-state index contributed by atoms with van der Waals surface area (Å²) in [5.41, 5.74) is 6.12. The van der Waals surface area contributed by atoms with Gasteiger partial charge in [-0.05, 0) is 46.4 Å². The van der Waals surface area contributed by atoms with Crippen LogP contribution in [0.1, 0.15) is 65.0 Å². The number of carboxylic acid groups (broad SMARTS) is 1. The summed E-state index contributed by atoms with van der Waals surface area (Å²) >= 11 is 0. The molecule has 0 unspecified atom stereocenters. The number of amides is 1. The summed E-state index contributed by atoms with van der Waals surface area (Å²) in [6.07, 6.45) is 0.472. The lowest BCUT2D eigenvalue weighted by Crippen LogP contribution is -2.41. The van der Waals surface area contributed by atoms with Gasteiger partial charge in [0.05, 0.1) is 39.5 Å². The van der Waals surface area contributed by atoms with Crippen LogP contribution in [0.3, 0.4) is 0 Å². The van der Waals surface area contributed by atoms with Crippen molar-refractivity contribution < 1.29 is 38.7 Å². The van der Waals surface area contributed by atoms with Crippen LogP contribution in [0.5, 0.6) is 11.5 Å². The zero-order valence-corrected chi connectivity index (χ0v) is 25.2. The first-order valence-electron chi connectivity index (χ1n) is 14.9. The average Bonchev–Trinajstić information content (AvgIpc) is 3.05. The maximum absolute atomic E-state index is 11.9. The van der Waals surface area contributed by atoms with E-state index in [1.807, 2.05) is 48.5 Å². The van der Waals surface area contributed by atoms with Crippen molar-refractivity contribution in [2.45, 2.75) is 63.9 Å². The number of aliphatic hydroxyl groups is 1. The van der Waals surface area contributed by atoms with E-state index in [2.05, 4.69) is 22.3 Å². The van der Waals surface area contributed by atoms with Crippen molar-refractivity contribution in [2.75, 3.05) is 27.3 Å². The molecule has 0 aromatic heterocycles. The zero-order chi connectivity index (χ0) is 31.1. The van der Waals surface area contributed by atoms with Crippen LogP contribution in [-0.2, 0) is 45.2 Å². The van der Waals surface area contributed by atoms with E-state index < -0.39 is 12.3 Å². The molecule has 234 valence electrons. The van der Waals surface area contributed by atoms with Gasteiger partial charge in [-0.1, -0.05) is 48.5 Å². The van der Waals surface area contributed by atoms with Crippen LogP contribution in [0, 0.1) is 0 Å². The summed E-state index contributed by atoms with van der Waals surface area (Å²) in [6, 6.07) is 19.7. The summed E-state index contributed by atoms with van der Waals surface area (Å²) < 4.78 is 24.1. The number of aliphatic hydroxyl groups excluding tert-OH is 1. The minimum Gasteiger partial charge on any atom is -0.493 e. The molecule has 5 rings (SSSR count). The summed E-state index contributed by atoms with van der Waals surface area (Å²) in [5.74, 6) is 0.178. The number of hydrogen-bond acceptors (Lipinski definition) is 8. The number of rotatable bonds is 12. The van der Waals surface area contributed by atoms with Crippen LogP contribution < -0.4 is 14.8 Å². The van der Waals surface area contributed by atoms with Crippen LogP contribution >= 0.6 is 0 Å². The van der Waals surface area contributed by atoms with E-state index >= 15 is 0 Å². The van der Waals surface area contributed by atoms with E-state index in [0.29, 0.717) is 13.0 Å². The molecule has 2 heterocycles. The fraction of sp³-hybridized carbons (Fsp3) is 0.412. The van der Waals surface area contributed by atoms with Gasteiger partial charge in [0.15, 0.2) is 17.8 Å². The fourth-order valence-electron chi connectivity index (χ4n) is 5.72. The number of carbonyl (C=O) groups excluding carboxylic acids is 1. The topological polar surface area (TPSA) is 127 Å². The second-order valence-electron chi connectivity index (χ2n) is 11.2. The number of aliphatic carboxylic acids is 1. The van der Waals surface area contributed by atoms with Gasteiger partial charge in [-0.2, -0.15) is 0 Å². The highest BCUT2D eigenvalue weighted by Gasteiger charge is 2.34. The van der Waals surface area contributed by atoms with Gasteiger partial charge in [0.25, 0.3) is 0 Å². The van der Waals surface area contributed by atoms with Crippen molar-refractivity contribution in [3.05, 3.63) is 94.0 Å². The summed E-state index contributed by atoms with van der Waals surface area (Å²) in [4.78, 5) is 25.0. The highest BCUT2D eigenvalue weighted by atomic mass is 16.7. The van der Waals surface area contributed by atoms with E-state index in [-0.39, 0.29) is 37.6 Å². The Morgan fingerprint density at radius 3 is 2.23 bits per heavy atom. The minimum absolute atomic E-state index is 0.0143. The van der Waals surface area contributed by atoms with Crippen LogP contribution in [0.2, 0.25) is 0 Å². The highest BCUT2D eigenvalue weighted by Crippen LogP contribution is 2.39. The number of fused-ring (bicyclic) bond motifs is 1. The third-order valence-corrected chi connectivity index (χ3v) is 8.18. The molecule has 10 nitrogen and oxygen atoms in total. The predicted molar refractivity (Wildman–Crippen MR) is 162 cm³/mol. The van der Waals surface area contributed by atoms with Crippen molar-refractivity contribution in [3.8, 4) is 11.5 Å². The first-order chi connectivity index (χ1) is 21.3. The van der Waals surface area contributed by atoms with Gasteiger partial charge in [0, 0.05) is 44.6 Å². The Balaban J connectivity index is 1.28. The molecule has 0 saturated carbocycles. The number of methoxy groups -OCH3 is 2. The Bertz CT molecular complexity index is 1430. The zero-order valence-electron chi connectivity index (χ0n) is 25.2. The van der Waals surface area contributed by atoms with Crippen molar-refractivity contribution in [1.29, 1.82) is 0 Å². The molecule has 1 fully saturated rings. The Morgan fingerprint density at radius 2 is 1.57 bits per heavy atom. The lowest BCUT2D eigenvalue weighted by atomic mass is 9.97. The molecule has 3 atom stereocenters. The Hall–Kier alpha value is -3.96. The van der Waals surface area contributed by atoms with Gasteiger partial charge >= 0.3 is 5.97 Å². The molecule has 0 radical (unpaired) electrons. The summed E-state index contributed by atoms with van der Waals surface area (Å²) in [7, 11) is 3.31. The number of carbonyl (C=O) groups is 2. The van der Waals surface area contributed by atoms with Gasteiger partial charge < -0.3 is 34.5 Å². The van der Waals surface area contributed by atoms with Gasteiger partial charge in [0.2, 0.25) is 5.91 Å². The van der Waals surface area contributed by atoms with Crippen molar-refractivity contribution in [1.82, 2.24) is 10.2 Å². The third kappa shape index (κ3) is 7.95. The lowest BCUT2D eigenvalue weighted by Gasteiger charge is -2.39. The molecular weight excluding hydrogens is 564 g/mol. The van der Waals surface area contributed by atoms with E-state index in [0.717, 1.165) is 59.8 Å². The summed E-state index contributed by atoms with van der Waals surface area (Å²) in [6.45, 7) is 2.71. The molecule has 1 saturated heterocycles. The smallest absolute Gasteiger partial charge is 0.303 e. The fourth-order valence-corrected chi connectivity index (χ4v) is 5.72. The molecule has 3 aromatic rings. The molecule has 0 bridgehead atoms. The first kappa shape index (κ1) is 31.5. The molecule has 44 heavy (non-hydrogen) atoms. The minimum atomic E-state index is -0.996. The van der Waals surface area contributed by atoms with E-state index in [1.165, 1.54) is 11.1 Å². The molecule has 1 amide bonds. The quantitative estimate of drug-likeness (QED) is 0.278. The van der Waals surface area contributed by atoms with Gasteiger partial charge in [-0.15, -0.1) is 0 Å². The lowest BCUT2D eigenvalue weighted by molar-refractivity contribution is -0.253. The van der Waals surface area contributed by atoms with Crippen LogP contribution in [0.25, 0.3) is 0 Å². The first-order valence-corrected chi connectivity index (χ1v) is 14.9. The molecule has 0 spiro atoms. The number of nitrogens with zero attached hydrogens (tertiary/aromatic N) is 1. The van der Waals surface area contributed by atoms with E-state index in [1.54, 1.807) is 14.2 Å². The number of hydrogen-bond donors (Lipinski definition) is 3. The monoisotopic (exact) mass is 604 g/mol. The van der Waals surface area contributed by atoms with Crippen molar-refractivity contribution in [2.24, 2.45) is 0 Å². The normalized spacial score (nSPS) is 20.0. The Labute approximate surface area is 257 Å². The number of nitrogens with one attached hydrogen (secondary N) is 1. The third-order valence-electron chi connectivity index (χ3n) is 8.18. The maximum atomic E-state index is 11.9.